The molecule has 2 rings (SSSR count). The number of hydrogen-bond acceptors (Lipinski definition) is 3. The van der Waals surface area contributed by atoms with Crippen LogP contribution in [0.25, 0.3) is 5.65 Å². The lowest BCUT2D eigenvalue weighted by atomic mass is 10.2. The summed E-state index contributed by atoms with van der Waals surface area (Å²) in [7, 11) is 0. The van der Waals surface area contributed by atoms with Crippen molar-refractivity contribution < 1.29 is 9.59 Å². The summed E-state index contributed by atoms with van der Waals surface area (Å²) in [5, 5.41) is 5.46. The first-order chi connectivity index (χ1) is 10.0. The number of fused-ring (bicyclic) bond motifs is 1. The van der Waals surface area contributed by atoms with Crippen LogP contribution in [-0.2, 0) is 11.2 Å². The standard InChI is InChI=1S/C15H20N4O2/c1-4-12-14(15(21)17-8-7-16-11(3)20)19-9-10(2)5-6-13(19)18-12/h5-6,9H,4,7-8H2,1-3H3,(H,16,20)(H,17,21). The van der Waals surface area contributed by atoms with Gasteiger partial charge >= 0.3 is 0 Å². The fourth-order valence-corrected chi connectivity index (χ4v) is 2.18. The van der Waals surface area contributed by atoms with E-state index in [0.29, 0.717) is 25.2 Å². The van der Waals surface area contributed by atoms with Crippen molar-refractivity contribution >= 4 is 17.5 Å². The molecule has 0 unspecified atom stereocenters. The largest absolute Gasteiger partial charge is 0.355 e. The van der Waals surface area contributed by atoms with Gasteiger partial charge in [0, 0.05) is 26.2 Å². The zero-order valence-corrected chi connectivity index (χ0v) is 12.6. The van der Waals surface area contributed by atoms with Gasteiger partial charge < -0.3 is 10.6 Å². The van der Waals surface area contributed by atoms with Gasteiger partial charge in [0.15, 0.2) is 0 Å². The number of hydrogen-bond donors (Lipinski definition) is 2. The van der Waals surface area contributed by atoms with E-state index < -0.39 is 0 Å². The minimum Gasteiger partial charge on any atom is -0.355 e. The third-order valence-electron chi connectivity index (χ3n) is 3.17. The summed E-state index contributed by atoms with van der Waals surface area (Å²) in [6.45, 7) is 6.20. The first-order valence-electron chi connectivity index (χ1n) is 7.03. The summed E-state index contributed by atoms with van der Waals surface area (Å²) in [5.74, 6) is -0.278. The van der Waals surface area contributed by atoms with Crippen molar-refractivity contribution in [3.05, 3.63) is 35.3 Å². The molecule has 6 nitrogen and oxygen atoms in total. The van der Waals surface area contributed by atoms with E-state index in [0.717, 1.165) is 16.9 Å². The molecule has 0 saturated carbocycles. The molecule has 2 N–H and O–H groups in total. The quantitative estimate of drug-likeness (QED) is 0.808. The second-order valence-electron chi connectivity index (χ2n) is 4.93. The van der Waals surface area contributed by atoms with E-state index >= 15 is 0 Å². The third-order valence-corrected chi connectivity index (χ3v) is 3.17. The first-order valence-corrected chi connectivity index (χ1v) is 7.03. The highest BCUT2D eigenvalue weighted by Gasteiger charge is 2.17. The number of carbonyl (C=O) groups excluding carboxylic acids is 2. The molecule has 6 heteroatoms. The van der Waals surface area contributed by atoms with Gasteiger partial charge in [-0.1, -0.05) is 13.0 Å². The molecular formula is C15H20N4O2. The van der Waals surface area contributed by atoms with Crippen molar-refractivity contribution in [2.75, 3.05) is 13.1 Å². The van der Waals surface area contributed by atoms with E-state index in [1.54, 1.807) is 0 Å². The summed E-state index contributed by atoms with van der Waals surface area (Å²) < 4.78 is 1.82. The maximum absolute atomic E-state index is 12.4. The minimum absolute atomic E-state index is 0.107. The van der Waals surface area contributed by atoms with Crippen LogP contribution in [0.4, 0.5) is 0 Å². The minimum atomic E-state index is -0.171. The predicted octanol–water partition coefficient (Wildman–Crippen LogP) is 1.07. The molecular weight excluding hydrogens is 268 g/mol. The Morgan fingerprint density at radius 1 is 1.24 bits per heavy atom. The van der Waals surface area contributed by atoms with E-state index in [9.17, 15) is 9.59 Å². The Kier molecular flexibility index (Phi) is 4.57. The second kappa shape index (κ2) is 6.39. The number of amides is 2. The average Bonchev–Trinajstić information content (AvgIpc) is 2.80. The van der Waals surface area contributed by atoms with Crippen molar-refractivity contribution in [1.82, 2.24) is 20.0 Å². The molecule has 0 fully saturated rings. The number of aryl methyl sites for hydroxylation is 2. The van der Waals surface area contributed by atoms with Gasteiger partial charge in [-0.25, -0.2) is 4.98 Å². The maximum atomic E-state index is 12.4. The summed E-state index contributed by atoms with van der Waals surface area (Å²) in [5.41, 5.74) is 3.18. The summed E-state index contributed by atoms with van der Waals surface area (Å²) in [6, 6.07) is 3.88. The van der Waals surface area contributed by atoms with Crippen LogP contribution in [0.15, 0.2) is 18.3 Å². The lowest BCUT2D eigenvalue weighted by Crippen LogP contribution is -2.34. The predicted molar refractivity (Wildman–Crippen MR) is 80.3 cm³/mol. The Labute approximate surface area is 123 Å². The third kappa shape index (κ3) is 3.39. The molecule has 0 saturated heterocycles. The molecule has 0 atom stereocenters. The Balaban J connectivity index is 2.21. The molecule has 0 aromatic carbocycles. The van der Waals surface area contributed by atoms with Crippen LogP contribution in [0, 0.1) is 6.92 Å². The Hall–Kier alpha value is -2.37. The lowest BCUT2D eigenvalue weighted by Gasteiger charge is -2.07. The van der Waals surface area contributed by atoms with E-state index in [1.807, 2.05) is 36.6 Å². The van der Waals surface area contributed by atoms with Crippen molar-refractivity contribution in [2.45, 2.75) is 27.2 Å². The number of rotatable bonds is 5. The molecule has 0 spiro atoms. The van der Waals surface area contributed by atoms with E-state index in [1.165, 1.54) is 6.92 Å². The summed E-state index contributed by atoms with van der Waals surface area (Å²) in [4.78, 5) is 27.6. The summed E-state index contributed by atoms with van der Waals surface area (Å²) in [6.07, 6.45) is 2.60. The van der Waals surface area contributed by atoms with E-state index in [4.69, 9.17) is 0 Å². The Bertz CT molecular complexity index is 676. The molecule has 0 aliphatic rings. The van der Waals surface area contributed by atoms with Gasteiger partial charge in [0.2, 0.25) is 5.91 Å². The molecule has 0 aliphatic carbocycles. The zero-order chi connectivity index (χ0) is 15.4. The number of nitrogens with zero attached hydrogens (tertiary/aromatic N) is 2. The van der Waals surface area contributed by atoms with Crippen molar-refractivity contribution in [1.29, 1.82) is 0 Å². The molecule has 0 aliphatic heterocycles. The Morgan fingerprint density at radius 2 is 1.95 bits per heavy atom. The Morgan fingerprint density at radius 3 is 2.62 bits per heavy atom. The number of carbonyl (C=O) groups is 2. The second-order valence-corrected chi connectivity index (χ2v) is 4.93. The van der Waals surface area contributed by atoms with Crippen LogP contribution in [-0.4, -0.2) is 34.3 Å². The van der Waals surface area contributed by atoms with Gasteiger partial charge in [0.05, 0.1) is 5.69 Å². The molecule has 2 aromatic heterocycles. The van der Waals surface area contributed by atoms with Crippen LogP contribution in [0.3, 0.4) is 0 Å². The number of nitrogens with one attached hydrogen (secondary N) is 2. The normalized spacial score (nSPS) is 10.6. The van der Waals surface area contributed by atoms with Crippen molar-refractivity contribution in [3.63, 3.8) is 0 Å². The highest BCUT2D eigenvalue weighted by atomic mass is 16.2. The number of imidazole rings is 1. The smallest absolute Gasteiger partial charge is 0.270 e. The zero-order valence-electron chi connectivity index (χ0n) is 12.6. The number of pyridine rings is 1. The molecule has 112 valence electrons. The SMILES string of the molecule is CCc1nc2ccc(C)cn2c1C(=O)NCCNC(C)=O. The van der Waals surface area contributed by atoms with Crippen LogP contribution < -0.4 is 10.6 Å². The molecule has 0 bridgehead atoms. The molecule has 2 amide bonds. The molecule has 21 heavy (non-hydrogen) atoms. The lowest BCUT2D eigenvalue weighted by molar-refractivity contribution is -0.118. The van der Waals surface area contributed by atoms with Gasteiger partial charge in [-0.05, 0) is 25.0 Å². The van der Waals surface area contributed by atoms with Crippen LogP contribution in [0.2, 0.25) is 0 Å². The van der Waals surface area contributed by atoms with Gasteiger partial charge in [0.25, 0.3) is 5.91 Å². The molecule has 2 heterocycles. The fraction of sp³-hybridized carbons (Fsp3) is 0.400. The maximum Gasteiger partial charge on any atom is 0.270 e. The van der Waals surface area contributed by atoms with Gasteiger partial charge in [-0.2, -0.15) is 0 Å². The highest BCUT2D eigenvalue weighted by molar-refractivity contribution is 5.94. The van der Waals surface area contributed by atoms with Crippen LogP contribution >= 0.6 is 0 Å². The number of aromatic nitrogens is 2. The molecule has 0 radical (unpaired) electrons. The van der Waals surface area contributed by atoms with Gasteiger partial charge in [-0.3, -0.25) is 14.0 Å². The average molecular weight is 288 g/mol. The first kappa shape index (κ1) is 15.0. The fourth-order valence-electron chi connectivity index (χ4n) is 2.18. The summed E-state index contributed by atoms with van der Waals surface area (Å²) >= 11 is 0. The van der Waals surface area contributed by atoms with Gasteiger partial charge in [-0.15, -0.1) is 0 Å². The van der Waals surface area contributed by atoms with Crippen LogP contribution in [0.5, 0.6) is 0 Å². The monoisotopic (exact) mass is 288 g/mol. The highest BCUT2D eigenvalue weighted by Crippen LogP contribution is 2.14. The topological polar surface area (TPSA) is 75.5 Å². The van der Waals surface area contributed by atoms with Crippen LogP contribution in [0.1, 0.15) is 35.6 Å². The van der Waals surface area contributed by atoms with Crippen molar-refractivity contribution in [3.8, 4) is 0 Å². The van der Waals surface area contributed by atoms with Gasteiger partial charge in [0.1, 0.15) is 11.3 Å². The van der Waals surface area contributed by atoms with E-state index in [-0.39, 0.29) is 11.8 Å². The van der Waals surface area contributed by atoms with Crippen molar-refractivity contribution in [2.24, 2.45) is 0 Å². The molecule has 2 aromatic rings. The van der Waals surface area contributed by atoms with E-state index in [2.05, 4.69) is 15.6 Å².